The van der Waals surface area contributed by atoms with Crippen LogP contribution in [0.4, 0.5) is 5.69 Å². The zero-order valence-electron chi connectivity index (χ0n) is 10.2. The molecule has 8 nitrogen and oxygen atoms in total. The van der Waals surface area contributed by atoms with Gasteiger partial charge in [0.1, 0.15) is 6.33 Å². The number of nitro groups is 1. The highest BCUT2D eigenvalue weighted by atomic mass is 16.6. The number of nitro benzene ring substituents is 1. The van der Waals surface area contributed by atoms with Crippen molar-refractivity contribution in [1.82, 2.24) is 15.3 Å². The SMILES string of the molecule is O=C(NCc1ccncn1)c1cccc([N+](=O)[O-])c1O. The molecule has 0 aliphatic heterocycles. The van der Waals surface area contributed by atoms with Crippen LogP contribution in [-0.2, 0) is 6.54 Å². The summed E-state index contributed by atoms with van der Waals surface area (Å²) in [6.07, 6.45) is 2.87. The highest BCUT2D eigenvalue weighted by molar-refractivity contribution is 5.97. The van der Waals surface area contributed by atoms with Crippen molar-refractivity contribution in [3.05, 3.63) is 58.2 Å². The normalized spacial score (nSPS) is 10.0. The van der Waals surface area contributed by atoms with Crippen LogP contribution in [0.3, 0.4) is 0 Å². The van der Waals surface area contributed by atoms with Gasteiger partial charge in [-0.05, 0) is 12.1 Å². The molecule has 1 heterocycles. The van der Waals surface area contributed by atoms with Gasteiger partial charge in [0.05, 0.1) is 22.7 Å². The van der Waals surface area contributed by atoms with Crippen molar-refractivity contribution in [2.45, 2.75) is 6.54 Å². The van der Waals surface area contributed by atoms with E-state index in [1.165, 1.54) is 24.7 Å². The summed E-state index contributed by atoms with van der Waals surface area (Å²) >= 11 is 0. The summed E-state index contributed by atoms with van der Waals surface area (Å²) in [5.74, 6) is -1.28. The molecule has 0 unspecified atom stereocenters. The number of hydrogen-bond donors (Lipinski definition) is 2. The molecule has 0 bridgehead atoms. The number of rotatable bonds is 4. The van der Waals surface area contributed by atoms with E-state index in [2.05, 4.69) is 15.3 Å². The number of para-hydroxylation sites is 1. The van der Waals surface area contributed by atoms with Gasteiger partial charge in [0.25, 0.3) is 5.91 Å². The lowest BCUT2D eigenvalue weighted by Gasteiger charge is -2.06. The van der Waals surface area contributed by atoms with Crippen LogP contribution in [-0.4, -0.2) is 25.9 Å². The van der Waals surface area contributed by atoms with E-state index in [-0.39, 0.29) is 12.1 Å². The van der Waals surface area contributed by atoms with Crippen LogP contribution < -0.4 is 5.32 Å². The van der Waals surface area contributed by atoms with Gasteiger partial charge in [0.15, 0.2) is 0 Å². The molecular formula is C12H10N4O4. The topological polar surface area (TPSA) is 118 Å². The zero-order chi connectivity index (χ0) is 14.5. The Balaban J connectivity index is 2.14. The van der Waals surface area contributed by atoms with E-state index in [1.807, 2.05) is 0 Å². The molecule has 0 saturated carbocycles. The maximum atomic E-state index is 11.9. The number of amides is 1. The summed E-state index contributed by atoms with van der Waals surface area (Å²) < 4.78 is 0. The Labute approximate surface area is 113 Å². The van der Waals surface area contributed by atoms with Crippen molar-refractivity contribution >= 4 is 11.6 Å². The Bertz CT molecular complexity index is 645. The van der Waals surface area contributed by atoms with Gasteiger partial charge >= 0.3 is 5.69 Å². The minimum atomic E-state index is -0.753. The molecule has 0 aliphatic carbocycles. The van der Waals surface area contributed by atoms with E-state index < -0.39 is 22.3 Å². The molecule has 0 spiro atoms. The zero-order valence-corrected chi connectivity index (χ0v) is 10.2. The van der Waals surface area contributed by atoms with Crippen LogP contribution in [0.1, 0.15) is 16.1 Å². The van der Waals surface area contributed by atoms with Crippen LogP contribution in [0.25, 0.3) is 0 Å². The molecule has 1 amide bonds. The second-order valence-corrected chi connectivity index (χ2v) is 3.81. The van der Waals surface area contributed by atoms with Crippen LogP contribution in [0.5, 0.6) is 5.75 Å². The lowest BCUT2D eigenvalue weighted by molar-refractivity contribution is -0.385. The van der Waals surface area contributed by atoms with E-state index in [0.717, 1.165) is 6.07 Å². The summed E-state index contributed by atoms with van der Waals surface area (Å²) in [4.78, 5) is 29.4. The number of aromatic hydroxyl groups is 1. The molecule has 1 aromatic carbocycles. The molecule has 20 heavy (non-hydrogen) atoms. The minimum Gasteiger partial charge on any atom is -0.502 e. The van der Waals surface area contributed by atoms with Crippen LogP contribution in [0.2, 0.25) is 0 Å². The number of carbonyl (C=O) groups excluding carboxylic acids is 1. The van der Waals surface area contributed by atoms with Crippen LogP contribution in [0.15, 0.2) is 36.8 Å². The predicted octanol–water partition coefficient (Wildman–Crippen LogP) is 1.02. The Morgan fingerprint density at radius 3 is 2.85 bits per heavy atom. The van der Waals surface area contributed by atoms with Crippen molar-refractivity contribution in [3.8, 4) is 5.75 Å². The average molecular weight is 274 g/mol. The molecule has 2 aromatic rings. The highest BCUT2D eigenvalue weighted by Gasteiger charge is 2.20. The highest BCUT2D eigenvalue weighted by Crippen LogP contribution is 2.29. The fourth-order valence-electron chi connectivity index (χ4n) is 1.55. The van der Waals surface area contributed by atoms with E-state index in [4.69, 9.17) is 0 Å². The van der Waals surface area contributed by atoms with Gasteiger partial charge in [-0.2, -0.15) is 0 Å². The lowest BCUT2D eigenvalue weighted by Crippen LogP contribution is -2.23. The van der Waals surface area contributed by atoms with Crippen molar-refractivity contribution in [3.63, 3.8) is 0 Å². The van der Waals surface area contributed by atoms with Crippen LogP contribution >= 0.6 is 0 Å². The molecule has 0 radical (unpaired) electrons. The van der Waals surface area contributed by atoms with Gasteiger partial charge in [-0.15, -0.1) is 0 Å². The Morgan fingerprint density at radius 2 is 2.20 bits per heavy atom. The largest absolute Gasteiger partial charge is 0.502 e. The first-order valence-electron chi connectivity index (χ1n) is 5.59. The van der Waals surface area contributed by atoms with Crippen molar-refractivity contribution in [2.24, 2.45) is 0 Å². The molecule has 102 valence electrons. The summed E-state index contributed by atoms with van der Waals surface area (Å²) in [7, 11) is 0. The van der Waals surface area contributed by atoms with E-state index in [1.54, 1.807) is 6.07 Å². The van der Waals surface area contributed by atoms with Gasteiger partial charge in [0.2, 0.25) is 5.75 Å². The summed E-state index contributed by atoms with van der Waals surface area (Å²) in [6.45, 7) is 0.128. The lowest BCUT2D eigenvalue weighted by atomic mass is 10.1. The third-order valence-electron chi connectivity index (χ3n) is 2.53. The first kappa shape index (κ1) is 13.4. The molecule has 1 aromatic heterocycles. The van der Waals surface area contributed by atoms with E-state index >= 15 is 0 Å². The van der Waals surface area contributed by atoms with Gasteiger partial charge < -0.3 is 10.4 Å². The standard InChI is InChI=1S/C12H10N4O4/c17-11-9(2-1-3-10(11)16(19)20)12(18)14-6-8-4-5-13-7-15-8/h1-5,7,17H,6H2,(H,14,18). The monoisotopic (exact) mass is 274 g/mol. The van der Waals surface area contributed by atoms with E-state index in [9.17, 15) is 20.0 Å². The predicted molar refractivity (Wildman–Crippen MR) is 68.0 cm³/mol. The van der Waals surface area contributed by atoms with Crippen molar-refractivity contribution < 1.29 is 14.8 Å². The molecule has 0 aliphatic rings. The van der Waals surface area contributed by atoms with E-state index in [0.29, 0.717) is 5.69 Å². The summed E-state index contributed by atoms with van der Waals surface area (Å²) in [5, 5.41) is 22.9. The molecule has 0 fully saturated rings. The van der Waals surface area contributed by atoms with Crippen LogP contribution in [0, 0.1) is 10.1 Å². The first-order valence-corrected chi connectivity index (χ1v) is 5.59. The maximum absolute atomic E-state index is 11.9. The van der Waals surface area contributed by atoms with Gasteiger partial charge in [-0.1, -0.05) is 6.07 Å². The second-order valence-electron chi connectivity index (χ2n) is 3.81. The first-order chi connectivity index (χ1) is 9.59. The Morgan fingerprint density at radius 1 is 1.40 bits per heavy atom. The maximum Gasteiger partial charge on any atom is 0.311 e. The molecule has 2 rings (SSSR count). The van der Waals surface area contributed by atoms with Gasteiger partial charge in [-0.25, -0.2) is 9.97 Å². The quantitative estimate of drug-likeness (QED) is 0.634. The number of carbonyl (C=O) groups is 1. The number of phenols is 1. The number of phenolic OH excluding ortho intramolecular Hbond substituents is 1. The van der Waals surface area contributed by atoms with Gasteiger partial charge in [0, 0.05) is 12.3 Å². The summed E-state index contributed by atoms with van der Waals surface area (Å²) in [6, 6.07) is 5.37. The number of nitrogens with zero attached hydrogens (tertiary/aromatic N) is 3. The molecule has 2 N–H and O–H groups in total. The second kappa shape index (κ2) is 5.74. The van der Waals surface area contributed by atoms with Crippen molar-refractivity contribution in [2.75, 3.05) is 0 Å². The number of benzene rings is 1. The molecular weight excluding hydrogens is 264 g/mol. The smallest absolute Gasteiger partial charge is 0.311 e. The number of hydrogen-bond acceptors (Lipinski definition) is 6. The Hall–Kier alpha value is -3.03. The van der Waals surface area contributed by atoms with Crippen molar-refractivity contribution in [1.29, 1.82) is 0 Å². The fraction of sp³-hybridized carbons (Fsp3) is 0.0833. The summed E-state index contributed by atoms with van der Waals surface area (Å²) in [5.41, 5.74) is -0.0915. The number of nitrogens with one attached hydrogen (secondary N) is 1. The average Bonchev–Trinajstić information content (AvgIpc) is 2.46. The number of aromatic nitrogens is 2. The minimum absolute atomic E-state index is 0.128. The molecule has 0 saturated heterocycles. The third kappa shape index (κ3) is 2.86. The molecule has 0 atom stereocenters. The molecule has 8 heteroatoms. The third-order valence-corrected chi connectivity index (χ3v) is 2.53. The fourth-order valence-corrected chi connectivity index (χ4v) is 1.55. The Kier molecular flexibility index (Phi) is 3.85. The van der Waals surface area contributed by atoms with Gasteiger partial charge in [-0.3, -0.25) is 14.9 Å².